The second kappa shape index (κ2) is 5.82. The Balaban J connectivity index is 1.69. The lowest BCUT2D eigenvalue weighted by Crippen LogP contribution is -2.33. The zero-order valence-corrected chi connectivity index (χ0v) is 10.3. The summed E-state index contributed by atoms with van der Waals surface area (Å²) in [5, 5.41) is 13.0. The van der Waals surface area contributed by atoms with E-state index in [-0.39, 0.29) is 5.91 Å². The van der Waals surface area contributed by atoms with Gasteiger partial charge in [-0.15, -0.1) is 0 Å². The van der Waals surface area contributed by atoms with Crippen LogP contribution in [0.3, 0.4) is 0 Å². The van der Waals surface area contributed by atoms with Gasteiger partial charge in [0.25, 0.3) is 5.91 Å². The Morgan fingerprint density at radius 2 is 2.53 bits per heavy atom. The number of aromatic nitrogens is 2. The molecule has 0 aromatic carbocycles. The van der Waals surface area contributed by atoms with E-state index in [1.54, 1.807) is 6.07 Å². The van der Waals surface area contributed by atoms with Crippen molar-refractivity contribution in [3.63, 3.8) is 0 Å². The van der Waals surface area contributed by atoms with Gasteiger partial charge in [-0.25, -0.2) is 0 Å². The van der Waals surface area contributed by atoms with E-state index >= 15 is 0 Å². The first kappa shape index (κ1) is 12.1. The number of carbonyl (C=O) groups is 1. The SMILES string of the molecule is Cc1cc(C(=O)NCCC2CCCNC2)n[nH]1. The van der Waals surface area contributed by atoms with Crippen molar-refractivity contribution in [3.05, 3.63) is 17.5 Å². The predicted molar refractivity (Wildman–Crippen MR) is 65.9 cm³/mol. The van der Waals surface area contributed by atoms with E-state index in [2.05, 4.69) is 20.8 Å². The average Bonchev–Trinajstić information content (AvgIpc) is 2.77. The van der Waals surface area contributed by atoms with Crippen molar-refractivity contribution < 1.29 is 4.79 Å². The van der Waals surface area contributed by atoms with Crippen molar-refractivity contribution in [3.8, 4) is 0 Å². The number of hydrogen-bond donors (Lipinski definition) is 3. The molecule has 17 heavy (non-hydrogen) atoms. The fraction of sp³-hybridized carbons (Fsp3) is 0.667. The number of H-pyrrole nitrogens is 1. The molecule has 0 radical (unpaired) electrons. The molecule has 1 aliphatic heterocycles. The quantitative estimate of drug-likeness (QED) is 0.725. The molecular formula is C12H20N4O. The van der Waals surface area contributed by atoms with Crippen LogP contribution in [0.2, 0.25) is 0 Å². The van der Waals surface area contributed by atoms with Gasteiger partial charge in [0.1, 0.15) is 5.69 Å². The van der Waals surface area contributed by atoms with E-state index in [4.69, 9.17) is 0 Å². The summed E-state index contributed by atoms with van der Waals surface area (Å²) >= 11 is 0. The molecule has 0 spiro atoms. The molecule has 0 saturated carbocycles. The minimum Gasteiger partial charge on any atom is -0.351 e. The highest BCUT2D eigenvalue weighted by atomic mass is 16.1. The molecule has 3 N–H and O–H groups in total. The number of amides is 1. The summed E-state index contributed by atoms with van der Waals surface area (Å²) in [4.78, 5) is 11.7. The van der Waals surface area contributed by atoms with Gasteiger partial charge >= 0.3 is 0 Å². The first-order valence-corrected chi connectivity index (χ1v) is 6.26. The molecule has 5 heteroatoms. The van der Waals surface area contributed by atoms with Gasteiger partial charge in [0.15, 0.2) is 0 Å². The van der Waals surface area contributed by atoms with E-state index in [9.17, 15) is 4.79 Å². The Kier molecular flexibility index (Phi) is 4.14. The van der Waals surface area contributed by atoms with Crippen molar-refractivity contribution in [1.29, 1.82) is 0 Å². The third-order valence-electron chi connectivity index (χ3n) is 3.18. The highest BCUT2D eigenvalue weighted by Crippen LogP contribution is 2.12. The molecule has 0 aliphatic carbocycles. The topological polar surface area (TPSA) is 69.8 Å². The van der Waals surface area contributed by atoms with Crippen LogP contribution in [0, 0.1) is 12.8 Å². The van der Waals surface area contributed by atoms with Crippen molar-refractivity contribution in [1.82, 2.24) is 20.8 Å². The maximum atomic E-state index is 11.7. The van der Waals surface area contributed by atoms with Crippen LogP contribution < -0.4 is 10.6 Å². The van der Waals surface area contributed by atoms with Crippen molar-refractivity contribution in [2.75, 3.05) is 19.6 Å². The predicted octanol–water partition coefficient (Wildman–Crippen LogP) is 0.838. The summed E-state index contributed by atoms with van der Waals surface area (Å²) in [6.07, 6.45) is 3.56. The van der Waals surface area contributed by atoms with Gasteiger partial charge in [-0.1, -0.05) is 0 Å². The van der Waals surface area contributed by atoms with Crippen LogP contribution in [0.15, 0.2) is 6.07 Å². The summed E-state index contributed by atoms with van der Waals surface area (Å²) in [6, 6.07) is 1.76. The third kappa shape index (κ3) is 3.56. The Morgan fingerprint density at radius 3 is 3.18 bits per heavy atom. The van der Waals surface area contributed by atoms with Crippen molar-refractivity contribution >= 4 is 5.91 Å². The molecule has 0 bridgehead atoms. The lowest BCUT2D eigenvalue weighted by Gasteiger charge is -2.22. The van der Waals surface area contributed by atoms with Gasteiger partial charge in [-0.05, 0) is 51.3 Å². The normalized spacial score (nSPS) is 20.2. The molecule has 1 aromatic rings. The maximum absolute atomic E-state index is 11.7. The lowest BCUT2D eigenvalue weighted by molar-refractivity contribution is 0.0945. The molecule has 2 rings (SSSR count). The second-order valence-corrected chi connectivity index (χ2v) is 4.69. The van der Waals surface area contributed by atoms with Gasteiger partial charge < -0.3 is 10.6 Å². The van der Waals surface area contributed by atoms with E-state index in [0.717, 1.165) is 31.7 Å². The maximum Gasteiger partial charge on any atom is 0.271 e. The molecule has 1 fully saturated rings. The number of aryl methyl sites for hydroxylation is 1. The fourth-order valence-corrected chi connectivity index (χ4v) is 2.19. The molecule has 1 aromatic heterocycles. The molecule has 1 unspecified atom stereocenters. The highest BCUT2D eigenvalue weighted by molar-refractivity contribution is 5.92. The summed E-state index contributed by atoms with van der Waals surface area (Å²) < 4.78 is 0. The van der Waals surface area contributed by atoms with Crippen LogP contribution in [-0.4, -0.2) is 35.7 Å². The van der Waals surface area contributed by atoms with Crippen molar-refractivity contribution in [2.24, 2.45) is 5.92 Å². The summed E-state index contributed by atoms with van der Waals surface area (Å²) in [5.74, 6) is 0.614. The van der Waals surface area contributed by atoms with Gasteiger partial charge in [-0.2, -0.15) is 5.10 Å². The minimum absolute atomic E-state index is 0.0851. The van der Waals surface area contributed by atoms with Crippen LogP contribution in [-0.2, 0) is 0 Å². The zero-order chi connectivity index (χ0) is 12.1. The van der Waals surface area contributed by atoms with Crippen LogP contribution in [0.5, 0.6) is 0 Å². The molecule has 1 aliphatic rings. The Hall–Kier alpha value is -1.36. The standard InChI is InChI=1S/C12H20N4O/c1-9-7-11(16-15-9)12(17)14-6-4-10-3-2-5-13-8-10/h7,10,13H,2-6,8H2,1H3,(H,14,17)(H,15,16). The largest absolute Gasteiger partial charge is 0.351 e. The fourth-order valence-electron chi connectivity index (χ4n) is 2.19. The molecule has 2 heterocycles. The van der Waals surface area contributed by atoms with E-state index in [1.165, 1.54) is 12.8 Å². The molecule has 5 nitrogen and oxygen atoms in total. The minimum atomic E-state index is -0.0851. The lowest BCUT2D eigenvalue weighted by atomic mass is 9.96. The van der Waals surface area contributed by atoms with Crippen LogP contribution in [0.25, 0.3) is 0 Å². The Morgan fingerprint density at radius 1 is 1.65 bits per heavy atom. The summed E-state index contributed by atoms with van der Waals surface area (Å²) in [5.41, 5.74) is 1.39. The Bertz CT molecular complexity index is 368. The van der Waals surface area contributed by atoms with E-state index < -0.39 is 0 Å². The van der Waals surface area contributed by atoms with Gasteiger partial charge in [0.2, 0.25) is 0 Å². The molecule has 1 amide bonds. The molecule has 1 saturated heterocycles. The number of nitrogens with one attached hydrogen (secondary N) is 3. The van der Waals surface area contributed by atoms with E-state index in [1.807, 2.05) is 6.92 Å². The number of aromatic amines is 1. The number of piperidine rings is 1. The first-order chi connectivity index (χ1) is 8.25. The van der Waals surface area contributed by atoms with Crippen molar-refractivity contribution in [2.45, 2.75) is 26.2 Å². The van der Waals surface area contributed by atoms with Gasteiger partial charge in [-0.3, -0.25) is 9.89 Å². The average molecular weight is 236 g/mol. The number of carbonyl (C=O) groups excluding carboxylic acids is 1. The van der Waals surface area contributed by atoms with Crippen LogP contribution in [0.4, 0.5) is 0 Å². The summed E-state index contributed by atoms with van der Waals surface area (Å²) in [7, 11) is 0. The second-order valence-electron chi connectivity index (χ2n) is 4.69. The van der Waals surface area contributed by atoms with Gasteiger partial charge in [0, 0.05) is 12.2 Å². The molecule has 1 atom stereocenters. The van der Waals surface area contributed by atoms with Crippen LogP contribution >= 0.6 is 0 Å². The zero-order valence-electron chi connectivity index (χ0n) is 10.3. The number of hydrogen-bond acceptors (Lipinski definition) is 3. The van der Waals surface area contributed by atoms with Gasteiger partial charge in [0.05, 0.1) is 0 Å². The molecular weight excluding hydrogens is 216 g/mol. The number of nitrogens with zero attached hydrogens (tertiary/aromatic N) is 1. The summed E-state index contributed by atoms with van der Waals surface area (Å²) in [6.45, 7) is 4.83. The first-order valence-electron chi connectivity index (χ1n) is 6.26. The number of rotatable bonds is 4. The monoisotopic (exact) mass is 236 g/mol. The van der Waals surface area contributed by atoms with Crippen LogP contribution in [0.1, 0.15) is 35.4 Å². The molecule has 94 valence electrons. The highest BCUT2D eigenvalue weighted by Gasteiger charge is 2.13. The Labute approximate surface area is 101 Å². The third-order valence-corrected chi connectivity index (χ3v) is 3.18. The smallest absolute Gasteiger partial charge is 0.271 e. The van der Waals surface area contributed by atoms with E-state index in [0.29, 0.717) is 11.6 Å².